The van der Waals surface area contributed by atoms with Crippen molar-refractivity contribution in [1.29, 1.82) is 0 Å². The van der Waals surface area contributed by atoms with Crippen LogP contribution in [0.5, 0.6) is 0 Å². The van der Waals surface area contributed by atoms with Gasteiger partial charge in [-0.15, -0.1) is 0 Å². The first-order valence-corrected chi connectivity index (χ1v) is 3.97. The van der Waals surface area contributed by atoms with E-state index in [2.05, 4.69) is 6.07 Å². The Morgan fingerprint density at radius 1 is 1.31 bits per heavy atom. The monoisotopic (exact) mass is 170 g/mol. The summed E-state index contributed by atoms with van der Waals surface area (Å²) in [5.74, 6) is -0.398. The fourth-order valence-electron chi connectivity index (χ4n) is 1.37. The third kappa shape index (κ3) is 1.26. The van der Waals surface area contributed by atoms with Gasteiger partial charge in [0.25, 0.3) is 0 Å². The van der Waals surface area contributed by atoms with Crippen molar-refractivity contribution in [2.24, 2.45) is 5.73 Å². The predicted molar refractivity (Wildman–Crippen MR) is 51.3 cm³/mol. The molecule has 2 aromatic rings. The molecular weight excluding hydrogens is 162 g/mol. The summed E-state index contributed by atoms with van der Waals surface area (Å²) in [6.45, 7) is 0. The molecule has 0 saturated carbocycles. The molecule has 0 aliphatic carbocycles. The molecule has 0 heterocycles. The van der Waals surface area contributed by atoms with Crippen LogP contribution in [-0.4, -0.2) is 5.91 Å². The Morgan fingerprint density at radius 2 is 2.15 bits per heavy atom. The molecule has 2 nitrogen and oxygen atoms in total. The Morgan fingerprint density at radius 3 is 2.92 bits per heavy atom. The number of primary amides is 1. The molecule has 2 aromatic carbocycles. The highest BCUT2D eigenvalue weighted by Gasteiger charge is 2.03. The summed E-state index contributed by atoms with van der Waals surface area (Å²) in [7, 11) is 0. The summed E-state index contributed by atoms with van der Waals surface area (Å²) in [6, 6.07) is 13.9. The molecule has 0 spiro atoms. The van der Waals surface area contributed by atoms with E-state index in [0.29, 0.717) is 5.56 Å². The summed E-state index contributed by atoms with van der Waals surface area (Å²) >= 11 is 0. The second-order valence-corrected chi connectivity index (χ2v) is 2.82. The summed E-state index contributed by atoms with van der Waals surface area (Å²) in [5, 5.41) is 1.87. The molecule has 13 heavy (non-hydrogen) atoms. The predicted octanol–water partition coefficient (Wildman–Crippen LogP) is 1.74. The van der Waals surface area contributed by atoms with Crippen LogP contribution in [0.4, 0.5) is 0 Å². The molecule has 63 valence electrons. The van der Waals surface area contributed by atoms with Crippen molar-refractivity contribution in [3.63, 3.8) is 0 Å². The third-order valence-electron chi connectivity index (χ3n) is 1.99. The van der Waals surface area contributed by atoms with E-state index in [1.807, 2.05) is 24.3 Å². The maximum Gasteiger partial charge on any atom is 0.249 e. The number of nitrogens with two attached hydrogens (primary N) is 1. The molecule has 2 rings (SSSR count). The molecule has 0 saturated heterocycles. The Balaban J connectivity index is 2.83. The third-order valence-corrected chi connectivity index (χ3v) is 1.99. The van der Waals surface area contributed by atoms with E-state index in [1.54, 1.807) is 12.1 Å². The van der Waals surface area contributed by atoms with E-state index >= 15 is 0 Å². The van der Waals surface area contributed by atoms with Crippen LogP contribution in [-0.2, 0) is 0 Å². The summed E-state index contributed by atoms with van der Waals surface area (Å²) in [6.07, 6.45) is 0. The van der Waals surface area contributed by atoms with Crippen LogP contribution in [0.3, 0.4) is 0 Å². The van der Waals surface area contributed by atoms with Crippen molar-refractivity contribution in [3.05, 3.63) is 48.0 Å². The van der Waals surface area contributed by atoms with Crippen molar-refractivity contribution in [3.8, 4) is 0 Å². The van der Waals surface area contributed by atoms with Crippen molar-refractivity contribution >= 4 is 16.7 Å². The number of hydrogen-bond acceptors (Lipinski definition) is 1. The van der Waals surface area contributed by atoms with Gasteiger partial charge in [-0.2, -0.15) is 0 Å². The Bertz CT molecular complexity index is 457. The van der Waals surface area contributed by atoms with Gasteiger partial charge in [-0.05, 0) is 29.0 Å². The van der Waals surface area contributed by atoms with Gasteiger partial charge >= 0.3 is 0 Å². The molecular formula is C11H8NO. The van der Waals surface area contributed by atoms with Crippen molar-refractivity contribution in [1.82, 2.24) is 0 Å². The molecule has 2 heteroatoms. The zero-order chi connectivity index (χ0) is 9.26. The second-order valence-electron chi connectivity index (χ2n) is 2.82. The molecule has 0 aliphatic heterocycles. The van der Waals surface area contributed by atoms with Gasteiger partial charge in [0, 0.05) is 5.56 Å². The van der Waals surface area contributed by atoms with Crippen LogP contribution in [0.25, 0.3) is 10.8 Å². The van der Waals surface area contributed by atoms with E-state index in [-0.39, 0.29) is 0 Å². The van der Waals surface area contributed by atoms with Gasteiger partial charge in [0.05, 0.1) is 0 Å². The van der Waals surface area contributed by atoms with Gasteiger partial charge in [0.15, 0.2) is 0 Å². The van der Waals surface area contributed by atoms with Crippen molar-refractivity contribution in [2.45, 2.75) is 0 Å². The summed E-state index contributed by atoms with van der Waals surface area (Å²) in [4.78, 5) is 11.0. The van der Waals surface area contributed by atoms with E-state index < -0.39 is 5.91 Å². The Kier molecular flexibility index (Phi) is 1.74. The fourth-order valence-corrected chi connectivity index (χ4v) is 1.37. The molecule has 0 bridgehead atoms. The number of hydrogen-bond donors (Lipinski definition) is 1. The number of carbonyl (C=O) groups excluding carboxylic acids is 1. The average Bonchev–Trinajstić information content (AvgIpc) is 2.17. The first-order chi connectivity index (χ1) is 6.29. The molecule has 0 atom stereocenters. The Hall–Kier alpha value is -1.83. The molecule has 0 aromatic heterocycles. The minimum atomic E-state index is -0.398. The van der Waals surface area contributed by atoms with Crippen LogP contribution in [0.15, 0.2) is 36.4 Å². The zero-order valence-electron chi connectivity index (χ0n) is 6.95. The van der Waals surface area contributed by atoms with Crippen molar-refractivity contribution in [2.75, 3.05) is 0 Å². The molecule has 1 amide bonds. The Labute approximate surface area is 76.0 Å². The SMILES string of the molecule is NC(=O)c1cccc2cc[c]cc12. The lowest BCUT2D eigenvalue weighted by Crippen LogP contribution is -2.11. The maximum atomic E-state index is 11.0. The van der Waals surface area contributed by atoms with Crippen LogP contribution in [0.1, 0.15) is 10.4 Å². The van der Waals surface area contributed by atoms with E-state index in [0.717, 1.165) is 10.8 Å². The maximum absolute atomic E-state index is 11.0. The van der Waals surface area contributed by atoms with Gasteiger partial charge < -0.3 is 5.73 Å². The minimum Gasteiger partial charge on any atom is -0.366 e. The lowest BCUT2D eigenvalue weighted by atomic mass is 10.0. The zero-order valence-corrected chi connectivity index (χ0v) is 6.95. The minimum absolute atomic E-state index is 0.398. The number of amides is 1. The van der Waals surface area contributed by atoms with Crippen LogP contribution in [0, 0.1) is 6.07 Å². The lowest BCUT2D eigenvalue weighted by Gasteiger charge is -2.00. The van der Waals surface area contributed by atoms with Crippen LogP contribution < -0.4 is 5.73 Å². The van der Waals surface area contributed by atoms with Gasteiger partial charge in [-0.3, -0.25) is 4.79 Å². The highest BCUT2D eigenvalue weighted by molar-refractivity contribution is 6.06. The topological polar surface area (TPSA) is 43.1 Å². The van der Waals surface area contributed by atoms with E-state index in [4.69, 9.17) is 5.73 Å². The summed E-state index contributed by atoms with van der Waals surface area (Å²) < 4.78 is 0. The first kappa shape index (κ1) is 7.80. The molecule has 0 fully saturated rings. The quantitative estimate of drug-likeness (QED) is 0.696. The van der Waals surface area contributed by atoms with Crippen LogP contribution >= 0.6 is 0 Å². The van der Waals surface area contributed by atoms with Gasteiger partial charge in [0.1, 0.15) is 0 Å². The van der Waals surface area contributed by atoms with Gasteiger partial charge in [-0.1, -0.05) is 24.3 Å². The fraction of sp³-hybridized carbons (Fsp3) is 0. The number of benzene rings is 2. The number of fused-ring (bicyclic) bond motifs is 1. The number of rotatable bonds is 1. The lowest BCUT2D eigenvalue weighted by molar-refractivity contribution is 0.100. The number of carbonyl (C=O) groups is 1. The average molecular weight is 170 g/mol. The smallest absolute Gasteiger partial charge is 0.249 e. The molecule has 0 aliphatic rings. The highest BCUT2D eigenvalue weighted by Crippen LogP contribution is 2.17. The van der Waals surface area contributed by atoms with E-state index in [9.17, 15) is 4.79 Å². The highest BCUT2D eigenvalue weighted by atomic mass is 16.1. The summed E-state index contributed by atoms with van der Waals surface area (Å²) in [5.41, 5.74) is 5.78. The van der Waals surface area contributed by atoms with Gasteiger partial charge in [0.2, 0.25) is 5.91 Å². The van der Waals surface area contributed by atoms with Gasteiger partial charge in [-0.25, -0.2) is 0 Å². The van der Waals surface area contributed by atoms with Crippen LogP contribution in [0.2, 0.25) is 0 Å². The molecule has 0 unspecified atom stereocenters. The molecule has 1 radical (unpaired) electrons. The first-order valence-electron chi connectivity index (χ1n) is 3.97. The molecule has 2 N–H and O–H groups in total. The van der Waals surface area contributed by atoms with E-state index in [1.165, 1.54) is 0 Å². The standard InChI is InChI=1S/C11H8NO/c12-11(13)10-7-3-5-8-4-1-2-6-9(8)10/h1,3-7H,(H2,12,13). The second kappa shape index (κ2) is 2.90. The largest absolute Gasteiger partial charge is 0.366 e. The van der Waals surface area contributed by atoms with Crippen molar-refractivity contribution < 1.29 is 4.79 Å². The normalized spacial score (nSPS) is 10.2.